The number of carbonyl (C=O) groups excluding carboxylic acids is 2. The third-order valence-corrected chi connectivity index (χ3v) is 3.09. The molecule has 0 spiro atoms. The summed E-state index contributed by atoms with van der Waals surface area (Å²) in [5, 5.41) is 0.718. The van der Waals surface area contributed by atoms with Gasteiger partial charge in [-0.25, -0.2) is 9.97 Å². The Hall–Kier alpha value is -1.63. The van der Waals surface area contributed by atoms with Crippen LogP contribution in [-0.4, -0.2) is 34.7 Å². The van der Waals surface area contributed by atoms with Crippen LogP contribution in [0, 0.1) is 13.8 Å². The molecule has 6 nitrogen and oxygen atoms in total. The second-order valence-corrected chi connectivity index (χ2v) is 4.76. The lowest BCUT2D eigenvalue weighted by atomic mass is 10.1. The molecule has 104 valence electrons. The zero-order valence-electron chi connectivity index (χ0n) is 11.2. The molecule has 1 aromatic rings. The largest absolute Gasteiger partial charge is 0.456 e. The highest BCUT2D eigenvalue weighted by Crippen LogP contribution is 2.17. The average Bonchev–Trinajstić information content (AvgIpc) is 2.34. The van der Waals surface area contributed by atoms with Gasteiger partial charge in [0.1, 0.15) is 0 Å². The smallest absolute Gasteiger partial charge is 0.306 e. The Bertz CT molecular complexity index is 468. The minimum Gasteiger partial charge on any atom is -0.456 e. The number of amides is 1. The van der Waals surface area contributed by atoms with Gasteiger partial charge in [0.15, 0.2) is 11.8 Å². The van der Waals surface area contributed by atoms with Gasteiger partial charge < -0.3 is 10.5 Å². The molecule has 0 aliphatic heterocycles. The number of aromatic nitrogens is 2. The molecular weight excluding hydrogens is 266 g/mol. The minimum atomic E-state index is -0.659. The number of nitrogens with zero attached hydrogens (tertiary/aromatic N) is 2. The van der Waals surface area contributed by atoms with E-state index < -0.39 is 11.9 Å². The Kier molecular flexibility index (Phi) is 5.75. The van der Waals surface area contributed by atoms with Crippen LogP contribution in [0.5, 0.6) is 0 Å². The number of carbonyl (C=O) groups is 2. The highest BCUT2D eigenvalue weighted by atomic mass is 32.2. The van der Waals surface area contributed by atoms with E-state index in [0.717, 1.165) is 22.1 Å². The highest BCUT2D eigenvalue weighted by Gasteiger charge is 2.11. The number of hydrogen-bond donors (Lipinski definition) is 1. The Balaban J connectivity index is 2.63. The number of esters is 1. The number of thioether (sulfide) groups is 1. The van der Waals surface area contributed by atoms with E-state index in [-0.39, 0.29) is 13.0 Å². The van der Waals surface area contributed by atoms with Crippen molar-refractivity contribution in [1.29, 1.82) is 0 Å². The molecule has 2 N–H and O–H groups in total. The fourth-order valence-corrected chi connectivity index (χ4v) is 2.07. The molecule has 1 amide bonds. The number of hydrogen-bond acceptors (Lipinski definition) is 6. The van der Waals surface area contributed by atoms with Gasteiger partial charge in [0.2, 0.25) is 0 Å². The van der Waals surface area contributed by atoms with E-state index in [9.17, 15) is 9.59 Å². The fourth-order valence-electron chi connectivity index (χ4n) is 1.61. The summed E-state index contributed by atoms with van der Waals surface area (Å²) in [4.78, 5) is 30.5. The molecule has 19 heavy (non-hydrogen) atoms. The molecule has 0 saturated heterocycles. The fraction of sp³-hybridized carbons (Fsp3) is 0.500. The lowest BCUT2D eigenvalue weighted by Gasteiger charge is -2.09. The van der Waals surface area contributed by atoms with Crippen molar-refractivity contribution in [3.05, 3.63) is 17.0 Å². The topological polar surface area (TPSA) is 95.2 Å². The van der Waals surface area contributed by atoms with Gasteiger partial charge in [-0.3, -0.25) is 9.59 Å². The van der Waals surface area contributed by atoms with Crippen LogP contribution in [0.25, 0.3) is 0 Å². The quantitative estimate of drug-likeness (QED) is 0.471. The van der Waals surface area contributed by atoms with Crippen molar-refractivity contribution in [3.8, 4) is 0 Å². The molecule has 1 heterocycles. The molecule has 0 radical (unpaired) electrons. The Labute approximate surface area is 116 Å². The van der Waals surface area contributed by atoms with Gasteiger partial charge in [-0.1, -0.05) is 11.8 Å². The maximum absolute atomic E-state index is 11.4. The molecule has 0 aliphatic rings. The lowest BCUT2D eigenvalue weighted by molar-refractivity contribution is -0.147. The molecule has 0 atom stereocenters. The number of primary amides is 1. The maximum Gasteiger partial charge on any atom is 0.306 e. The van der Waals surface area contributed by atoms with E-state index in [1.165, 1.54) is 11.8 Å². The van der Waals surface area contributed by atoms with Gasteiger partial charge in [-0.05, 0) is 32.1 Å². The van der Waals surface area contributed by atoms with Crippen LogP contribution in [0.15, 0.2) is 5.16 Å². The summed E-state index contributed by atoms with van der Waals surface area (Å²) in [5.41, 5.74) is 7.55. The van der Waals surface area contributed by atoms with E-state index in [4.69, 9.17) is 10.5 Å². The van der Waals surface area contributed by atoms with Crippen molar-refractivity contribution in [2.24, 2.45) is 5.73 Å². The van der Waals surface area contributed by atoms with Crippen molar-refractivity contribution >= 4 is 23.6 Å². The van der Waals surface area contributed by atoms with Gasteiger partial charge in [-0.15, -0.1) is 0 Å². The zero-order chi connectivity index (χ0) is 14.4. The first kappa shape index (κ1) is 15.4. The third kappa shape index (κ3) is 4.86. The normalized spacial score (nSPS) is 10.3. The predicted molar refractivity (Wildman–Crippen MR) is 71.8 cm³/mol. The van der Waals surface area contributed by atoms with Crippen LogP contribution in [0.3, 0.4) is 0 Å². The summed E-state index contributed by atoms with van der Waals surface area (Å²) in [7, 11) is 0. The van der Waals surface area contributed by atoms with Crippen molar-refractivity contribution in [2.45, 2.75) is 31.8 Å². The first-order valence-electron chi connectivity index (χ1n) is 5.76. The average molecular weight is 283 g/mol. The van der Waals surface area contributed by atoms with Crippen molar-refractivity contribution in [2.75, 3.05) is 12.9 Å². The number of ether oxygens (including phenoxy) is 1. The number of rotatable bonds is 6. The minimum absolute atomic E-state index is 0.178. The van der Waals surface area contributed by atoms with Gasteiger partial charge in [0.05, 0.1) is 0 Å². The summed E-state index contributed by atoms with van der Waals surface area (Å²) in [6.07, 6.45) is 2.58. The first-order valence-corrected chi connectivity index (χ1v) is 6.98. The van der Waals surface area contributed by atoms with E-state index in [1.807, 2.05) is 20.1 Å². The van der Waals surface area contributed by atoms with Crippen LogP contribution >= 0.6 is 11.8 Å². The molecule has 0 unspecified atom stereocenters. The standard InChI is InChI=1S/C12H17N3O3S/c1-7-9(8(2)15-12(14-7)19-3)4-5-11(17)18-6-10(13)16/h4-6H2,1-3H3,(H2,13,16). The highest BCUT2D eigenvalue weighted by molar-refractivity contribution is 7.98. The SMILES string of the molecule is CSc1nc(C)c(CCC(=O)OCC(N)=O)c(C)n1. The monoisotopic (exact) mass is 283 g/mol. The van der Waals surface area contributed by atoms with Crippen LogP contribution in [0.1, 0.15) is 23.4 Å². The van der Waals surface area contributed by atoms with Crippen molar-refractivity contribution < 1.29 is 14.3 Å². The van der Waals surface area contributed by atoms with E-state index in [2.05, 4.69) is 9.97 Å². The second kappa shape index (κ2) is 7.08. The molecule has 0 saturated carbocycles. The molecule has 0 aliphatic carbocycles. The van der Waals surface area contributed by atoms with Crippen molar-refractivity contribution in [1.82, 2.24) is 9.97 Å². The van der Waals surface area contributed by atoms with E-state index in [1.54, 1.807) is 0 Å². The zero-order valence-corrected chi connectivity index (χ0v) is 12.0. The second-order valence-electron chi connectivity index (χ2n) is 3.99. The van der Waals surface area contributed by atoms with Gasteiger partial charge in [0.25, 0.3) is 5.91 Å². The molecule has 7 heteroatoms. The molecule has 1 rings (SSSR count). The predicted octanol–water partition coefficient (Wildman–Crippen LogP) is 0.776. The Morgan fingerprint density at radius 1 is 1.26 bits per heavy atom. The molecule has 1 aromatic heterocycles. The summed E-state index contributed by atoms with van der Waals surface area (Å²) >= 11 is 1.48. The maximum atomic E-state index is 11.4. The summed E-state index contributed by atoms with van der Waals surface area (Å²) in [6, 6.07) is 0. The summed E-state index contributed by atoms with van der Waals surface area (Å²) < 4.78 is 4.69. The van der Waals surface area contributed by atoms with E-state index in [0.29, 0.717) is 6.42 Å². The summed E-state index contributed by atoms with van der Waals surface area (Å²) in [6.45, 7) is 3.40. The Morgan fingerprint density at radius 2 is 1.84 bits per heavy atom. The van der Waals surface area contributed by atoms with Crippen LogP contribution in [-0.2, 0) is 20.7 Å². The van der Waals surface area contributed by atoms with Crippen LogP contribution < -0.4 is 5.73 Å². The molecule has 0 bridgehead atoms. The third-order valence-electron chi connectivity index (χ3n) is 2.54. The molecular formula is C12H17N3O3S. The van der Waals surface area contributed by atoms with Crippen LogP contribution in [0.2, 0.25) is 0 Å². The number of aryl methyl sites for hydroxylation is 2. The summed E-state index contributed by atoms with van der Waals surface area (Å²) in [5.74, 6) is -1.11. The van der Waals surface area contributed by atoms with Gasteiger partial charge >= 0.3 is 5.97 Å². The van der Waals surface area contributed by atoms with Gasteiger partial charge in [-0.2, -0.15) is 0 Å². The van der Waals surface area contributed by atoms with Gasteiger partial charge in [0, 0.05) is 17.8 Å². The van der Waals surface area contributed by atoms with Crippen LogP contribution in [0.4, 0.5) is 0 Å². The van der Waals surface area contributed by atoms with E-state index >= 15 is 0 Å². The first-order chi connectivity index (χ1) is 8.93. The lowest BCUT2D eigenvalue weighted by Crippen LogP contribution is -2.21. The molecule has 0 fully saturated rings. The molecule has 0 aromatic carbocycles. The van der Waals surface area contributed by atoms with Crippen molar-refractivity contribution in [3.63, 3.8) is 0 Å². The Morgan fingerprint density at radius 3 is 2.32 bits per heavy atom. The number of nitrogens with two attached hydrogens (primary N) is 1.